The molecule has 0 saturated heterocycles. The summed E-state index contributed by atoms with van der Waals surface area (Å²) in [5, 5.41) is 0. The largest absolute Gasteiger partial charge is 0.339 e. The van der Waals surface area contributed by atoms with Gasteiger partial charge in [0, 0.05) is 28.2 Å². The van der Waals surface area contributed by atoms with Crippen LogP contribution in [0.2, 0.25) is 0 Å². The van der Waals surface area contributed by atoms with Crippen molar-refractivity contribution >= 4 is 41.6 Å². The molecule has 1 aliphatic carbocycles. The summed E-state index contributed by atoms with van der Waals surface area (Å²) in [7, 11) is 2.76. The first-order valence-electron chi connectivity index (χ1n) is 5.42. The molecule has 1 amide bonds. The third-order valence-electron chi connectivity index (χ3n) is 2.93. The van der Waals surface area contributed by atoms with E-state index in [1.807, 2.05) is 0 Å². The van der Waals surface area contributed by atoms with Gasteiger partial charge in [0.25, 0.3) is 15.0 Å². The maximum atomic E-state index is 13.8. The second-order valence-electron chi connectivity index (χ2n) is 4.35. The minimum Gasteiger partial charge on any atom is -0.339 e. The van der Waals surface area contributed by atoms with Gasteiger partial charge in [0.2, 0.25) is 0 Å². The van der Waals surface area contributed by atoms with Crippen molar-refractivity contribution in [2.45, 2.75) is 23.8 Å². The Kier molecular flexibility index (Phi) is 3.90. The topological polar surface area (TPSA) is 54.5 Å². The molecule has 0 N–H and O–H groups in total. The minimum absolute atomic E-state index is 0.00868. The fourth-order valence-electron chi connectivity index (χ4n) is 1.70. The number of benzene rings is 1. The summed E-state index contributed by atoms with van der Waals surface area (Å²) in [5.74, 6) is -1.33. The fourth-order valence-corrected chi connectivity index (χ4v) is 3.87. The van der Waals surface area contributed by atoms with Gasteiger partial charge in [-0.25, -0.2) is 12.8 Å². The molecule has 0 heterocycles. The zero-order chi connectivity index (χ0) is 14.4. The molecule has 2 rings (SSSR count). The monoisotopic (exact) mass is 369 g/mol. The van der Waals surface area contributed by atoms with E-state index in [4.69, 9.17) is 10.7 Å². The average Bonchev–Trinajstić information content (AvgIpc) is 3.09. The molecule has 1 saturated carbocycles. The second kappa shape index (κ2) is 5.03. The highest BCUT2D eigenvalue weighted by molar-refractivity contribution is 9.10. The van der Waals surface area contributed by atoms with Gasteiger partial charge in [-0.05, 0) is 40.9 Å². The second-order valence-corrected chi connectivity index (χ2v) is 7.74. The van der Waals surface area contributed by atoms with Gasteiger partial charge in [0.1, 0.15) is 5.82 Å². The molecule has 0 aliphatic heterocycles. The number of carbonyl (C=O) groups is 1. The van der Waals surface area contributed by atoms with Crippen LogP contribution in [-0.4, -0.2) is 32.3 Å². The summed E-state index contributed by atoms with van der Waals surface area (Å²) in [6.45, 7) is 0. The van der Waals surface area contributed by atoms with Crippen molar-refractivity contribution in [3.63, 3.8) is 0 Å². The van der Waals surface area contributed by atoms with Gasteiger partial charge in [0.15, 0.2) is 0 Å². The molecule has 0 spiro atoms. The van der Waals surface area contributed by atoms with Gasteiger partial charge in [-0.2, -0.15) is 0 Å². The van der Waals surface area contributed by atoms with Crippen LogP contribution in [-0.2, 0) is 9.05 Å². The lowest BCUT2D eigenvalue weighted by Gasteiger charge is -2.17. The molecule has 4 nitrogen and oxygen atoms in total. The van der Waals surface area contributed by atoms with Crippen LogP contribution in [0, 0.1) is 5.82 Å². The summed E-state index contributed by atoms with van der Waals surface area (Å²) in [4.78, 5) is 13.2. The van der Waals surface area contributed by atoms with E-state index in [9.17, 15) is 17.6 Å². The summed E-state index contributed by atoms with van der Waals surface area (Å²) < 4.78 is 36.5. The quantitative estimate of drug-likeness (QED) is 0.769. The van der Waals surface area contributed by atoms with Crippen LogP contribution in [0.5, 0.6) is 0 Å². The smallest absolute Gasteiger partial charge is 0.262 e. The first kappa shape index (κ1) is 14.7. The number of nitrogens with zero attached hydrogens (tertiary/aromatic N) is 1. The van der Waals surface area contributed by atoms with Gasteiger partial charge < -0.3 is 4.90 Å². The first-order chi connectivity index (χ1) is 8.71. The number of carbonyl (C=O) groups excluding carboxylic acids is 1. The first-order valence-corrected chi connectivity index (χ1v) is 8.53. The van der Waals surface area contributed by atoms with E-state index in [1.54, 1.807) is 7.05 Å². The Morgan fingerprint density at radius 3 is 2.53 bits per heavy atom. The predicted molar refractivity (Wildman–Crippen MR) is 72.3 cm³/mol. The molecule has 1 aromatic rings. The molecule has 0 radical (unpaired) electrons. The van der Waals surface area contributed by atoms with Crippen molar-refractivity contribution in [3.05, 3.63) is 28.0 Å². The highest BCUT2D eigenvalue weighted by Gasteiger charge is 2.32. The maximum Gasteiger partial charge on any atom is 0.262 e. The molecular formula is C11H10BrClFNO3S. The van der Waals surface area contributed by atoms with Crippen molar-refractivity contribution in [1.29, 1.82) is 0 Å². The summed E-state index contributed by atoms with van der Waals surface area (Å²) in [6, 6.07) is 2.00. The van der Waals surface area contributed by atoms with Crippen LogP contribution in [0.1, 0.15) is 23.2 Å². The summed E-state index contributed by atoms with van der Waals surface area (Å²) in [6.07, 6.45) is 1.75. The van der Waals surface area contributed by atoms with Gasteiger partial charge in [-0.3, -0.25) is 4.79 Å². The summed E-state index contributed by atoms with van der Waals surface area (Å²) >= 11 is 2.92. The number of amides is 1. The van der Waals surface area contributed by atoms with Crippen LogP contribution < -0.4 is 0 Å². The lowest BCUT2D eigenvalue weighted by Crippen LogP contribution is -2.29. The van der Waals surface area contributed by atoms with E-state index in [0.717, 1.165) is 25.0 Å². The Labute approximate surface area is 123 Å². The minimum atomic E-state index is -4.05. The highest BCUT2D eigenvalue weighted by Crippen LogP contribution is 2.31. The summed E-state index contributed by atoms with van der Waals surface area (Å²) in [5.41, 5.74) is -0.295. The van der Waals surface area contributed by atoms with Crippen molar-refractivity contribution in [2.24, 2.45) is 0 Å². The Balaban J connectivity index is 2.48. The van der Waals surface area contributed by atoms with Crippen LogP contribution in [0.4, 0.5) is 4.39 Å². The molecule has 0 bridgehead atoms. The maximum absolute atomic E-state index is 13.8. The van der Waals surface area contributed by atoms with E-state index >= 15 is 0 Å². The lowest BCUT2D eigenvalue weighted by molar-refractivity contribution is 0.0780. The van der Waals surface area contributed by atoms with Crippen molar-refractivity contribution < 1.29 is 17.6 Å². The molecule has 104 valence electrons. The molecular weight excluding hydrogens is 361 g/mol. The zero-order valence-corrected chi connectivity index (χ0v) is 13.0. The van der Waals surface area contributed by atoms with Gasteiger partial charge in [-0.1, -0.05) is 0 Å². The number of halogens is 3. The van der Waals surface area contributed by atoms with Gasteiger partial charge >= 0.3 is 0 Å². The zero-order valence-electron chi connectivity index (χ0n) is 9.86. The van der Waals surface area contributed by atoms with Crippen LogP contribution >= 0.6 is 26.6 Å². The Bertz CT molecular complexity index is 646. The van der Waals surface area contributed by atoms with Crippen molar-refractivity contribution in [1.82, 2.24) is 4.90 Å². The van der Waals surface area contributed by atoms with Gasteiger partial charge in [0.05, 0.1) is 10.5 Å². The lowest BCUT2D eigenvalue weighted by atomic mass is 10.2. The van der Waals surface area contributed by atoms with E-state index in [1.165, 1.54) is 4.90 Å². The van der Waals surface area contributed by atoms with Gasteiger partial charge in [-0.15, -0.1) is 0 Å². The number of hydrogen-bond donors (Lipinski definition) is 0. The third-order valence-corrected chi connectivity index (χ3v) is 5.21. The number of rotatable bonds is 3. The van der Waals surface area contributed by atoms with E-state index in [0.29, 0.717) is 0 Å². The van der Waals surface area contributed by atoms with Crippen LogP contribution in [0.3, 0.4) is 0 Å². The highest BCUT2D eigenvalue weighted by atomic mass is 79.9. The molecule has 1 fully saturated rings. The number of hydrogen-bond acceptors (Lipinski definition) is 3. The normalized spacial score (nSPS) is 15.4. The Morgan fingerprint density at radius 1 is 1.47 bits per heavy atom. The SMILES string of the molecule is CN(C(=O)c1cc(S(=O)(=O)Cl)c(Br)cc1F)C1CC1. The average molecular weight is 371 g/mol. The van der Waals surface area contributed by atoms with Crippen molar-refractivity contribution in [3.8, 4) is 0 Å². The molecule has 8 heteroatoms. The molecule has 1 aliphatic rings. The molecule has 1 aromatic carbocycles. The van der Waals surface area contributed by atoms with Crippen LogP contribution in [0.15, 0.2) is 21.5 Å². The third kappa shape index (κ3) is 3.09. The van der Waals surface area contributed by atoms with E-state index in [-0.39, 0.29) is 21.0 Å². The standard InChI is InChI=1S/C11H10BrClFNO3S/c1-15(6-2-3-6)11(16)7-4-10(19(13,17)18)8(12)5-9(7)14/h4-6H,2-3H2,1H3. The molecule has 0 aromatic heterocycles. The molecule has 19 heavy (non-hydrogen) atoms. The Morgan fingerprint density at radius 2 is 2.05 bits per heavy atom. The molecule has 0 atom stereocenters. The van der Waals surface area contributed by atoms with E-state index in [2.05, 4.69) is 15.9 Å². The predicted octanol–water partition coefficient (Wildman–Crippen LogP) is 2.75. The van der Waals surface area contributed by atoms with Crippen LogP contribution in [0.25, 0.3) is 0 Å². The fraction of sp³-hybridized carbons (Fsp3) is 0.364. The Hall–Kier alpha value is -0.660. The van der Waals surface area contributed by atoms with E-state index < -0.39 is 20.8 Å². The molecule has 0 unspecified atom stereocenters. The van der Waals surface area contributed by atoms with Crippen molar-refractivity contribution in [2.75, 3.05) is 7.05 Å².